The number of hydrogen-bond acceptors (Lipinski definition) is 11. The van der Waals surface area contributed by atoms with E-state index >= 15 is 0 Å². The largest absolute Gasteiger partial charge is 0.490 e. The third-order valence-electron chi connectivity index (χ3n) is 5.86. The number of likely N-dealkylation sites (N-methyl/N-ethyl adjacent to an activating group) is 1. The summed E-state index contributed by atoms with van der Waals surface area (Å²) in [5.41, 5.74) is 7.62. The van der Waals surface area contributed by atoms with Gasteiger partial charge in [0.05, 0.1) is 25.1 Å². The number of nitrogens with zero attached hydrogens (tertiary/aromatic N) is 7. The summed E-state index contributed by atoms with van der Waals surface area (Å²) in [5, 5.41) is 10.7. The standard InChI is InChI=1S/C23H30N8O3/c1-4-31-15-17(20-22(24)28-34-27-20)26-19-16(8-9-23(2,3)29-32)25-14-18(21(19)31)33-13-7-12-30-10-5-6-11-30/h14H,4-7,10-13,15H2,1-3H3,(H2,24,28). The van der Waals surface area contributed by atoms with Gasteiger partial charge in [0.25, 0.3) is 0 Å². The van der Waals surface area contributed by atoms with Crippen LogP contribution in [0.15, 0.2) is 21.0 Å². The summed E-state index contributed by atoms with van der Waals surface area (Å²) >= 11 is 0. The molecule has 2 aromatic heterocycles. The van der Waals surface area contributed by atoms with E-state index in [9.17, 15) is 4.91 Å². The zero-order valence-electron chi connectivity index (χ0n) is 19.9. The predicted octanol–water partition coefficient (Wildman–Crippen LogP) is 2.77. The van der Waals surface area contributed by atoms with E-state index in [0.717, 1.165) is 31.7 Å². The van der Waals surface area contributed by atoms with Gasteiger partial charge in [-0.2, -0.15) is 0 Å². The molecule has 1 fully saturated rings. The second kappa shape index (κ2) is 10.2. The summed E-state index contributed by atoms with van der Waals surface area (Å²) in [5.74, 6) is 6.66. The Morgan fingerprint density at radius 1 is 1.29 bits per heavy atom. The van der Waals surface area contributed by atoms with E-state index < -0.39 is 5.54 Å². The maximum absolute atomic E-state index is 11.1. The highest BCUT2D eigenvalue weighted by Crippen LogP contribution is 2.42. The molecule has 2 N–H and O–H groups in total. The molecule has 1 saturated heterocycles. The molecular weight excluding hydrogens is 436 g/mol. The highest BCUT2D eigenvalue weighted by Gasteiger charge is 2.29. The summed E-state index contributed by atoms with van der Waals surface area (Å²) < 4.78 is 11.0. The Morgan fingerprint density at radius 3 is 2.76 bits per heavy atom. The molecule has 2 aliphatic rings. The van der Waals surface area contributed by atoms with E-state index in [0.29, 0.717) is 48.2 Å². The second-order valence-corrected chi connectivity index (χ2v) is 8.89. The van der Waals surface area contributed by atoms with Crippen LogP contribution < -0.4 is 15.4 Å². The summed E-state index contributed by atoms with van der Waals surface area (Å²) in [6.07, 6.45) is 5.15. The van der Waals surface area contributed by atoms with Crippen molar-refractivity contribution < 1.29 is 9.37 Å². The third-order valence-corrected chi connectivity index (χ3v) is 5.86. The number of likely N-dealkylation sites (tertiary alicyclic amines) is 1. The normalized spacial score (nSPS) is 16.0. The number of pyridine rings is 1. The van der Waals surface area contributed by atoms with Crippen LogP contribution in [0, 0.1) is 16.7 Å². The van der Waals surface area contributed by atoms with Crippen molar-refractivity contribution in [2.24, 2.45) is 10.2 Å². The minimum absolute atomic E-state index is 0.166. The molecule has 2 aliphatic heterocycles. The summed E-state index contributed by atoms with van der Waals surface area (Å²) in [6.45, 7) is 10.4. The zero-order chi connectivity index (χ0) is 24.1. The number of anilines is 2. The molecule has 0 unspecified atom stereocenters. The average molecular weight is 467 g/mol. The van der Waals surface area contributed by atoms with Crippen molar-refractivity contribution in [2.75, 3.05) is 50.0 Å². The first-order chi connectivity index (χ1) is 16.4. The smallest absolute Gasteiger partial charge is 0.197 e. The molecule has 11 nitrogen and oxygen atoms in total. The Bertz CT molecular complexity index is 1120. The van der Waals surface area contributed by atoms with Gasteiger partial charge in [0.15, 0.2) is 22.8 Å². The second-order valence-electron chi connectivity index (χ2n) is 8.89. The molecule has 4 rings (SSSR count). The number of nitrogen functional groups attached to an aromatic ring is 1. The van der Waals surface area contributed by atoms with Gasteiger partial charge in [-0.25, -0.2) is 14.6 Å². The number of aliphatic imine (C=N–C) groups is 1. The molecule has 0 radical (unpaired) electrons. The summed E-state index contributed by atoms with van der Waals surface area (Å²) in [7, 11) is 0. The van der Waals surface area contributed by atoms with E-state index in [-0.39, 0.29) is 5.82 Å². The minimum atomic E-state index is -1.05. The van der Waals surface area contributed by atoms with Crippen molar-refractivity contribution in [3.8, 4) is 17.6 Å². The van der Waals surface area contributed by atoms with Crippen molar-refractivity contribution in [1.29, 1.82) is 0 Å². The number of fused-ring (bicyclic) bond motifs is 1. The Kier molecular flexibility index (Phi) is 7.07. The SMILES string of the molecule is CCN1CC(c2nonc2N)=Nc2c(C#CC(C)(C)N=O)ncc(OCCCN3CCCC3)c21. The Balaban J connectivity index is 1.69. The number of nitroso groups, excluding NO2 is 1. The van der Waals surface area contributed by atoms with Gasteiger partial charge in [-0.05, 0) is 69.4 Å². The highest BCUT2D eigenvalue weighted by atomic mass is 16.6. The quantitative estimate of drug-likeness (QED) is 0.354. The van der Waals surface area contributed by atoms with Crippen LogP contribution >= 0.6 is 0 Å². The molecular formula is C23H30N8O3. The van der Waals surface area contributed by atoms with Crippen molar-refractivity contribution in [3.05, 3.63) is 22.5 Å². The zero-order valence-corrected chi connectivity index (χ0v) is 19.9. The van der Waals surface area contributed by atoms with E-state index in [1.165, 1.54) is 12.8 Å². The van der Waals surface area contributed by atoms with Crippen LogP contribution in [-0.4, -0.2) is 70.8 Å². The highest BCUT2D eigenvalue weighted by molar-refractivity contribution is 6.09. The fourth-order valence-electron chi connectivity index (χ4n) is 4.02. The molecule has 0 amide bonds. The van der Waals surface area contributed by atoms with Gasteiger partial charge < -0.3 is 20.3 Å². The van der Waals surface area contributed by atoms with E-state index in [1.54, 1.807) is 20.0 Å². The maximum Gasteiger partial charge on any atom is 0.197 e. The topological polar surface area (TPSA) is 135 Å². The summed E-state index contributed by atoms with van der Waals surface area (Å²) in [6, 6.07) is 0. The van der Waals surface area contributed by atoms with Crippen LogP contribution in [0.1, 0.15) is 51.4 Å². The lowest BCUT2D eigenvalue weighted by atomic mass is 10.1. The minimum Gasteiger partial charge on any atom is -0.490 e. The fourth-order valence-corrected chi connectivity index (χ4v) is 4.02. The number of ether oxygens (including phenoxy) is 1. The first-order valence-corrected chi connectivity index (χ1v) is 11.6. The third kappa shape index (κ3) is 5.17. The number of aromatic nitrogens is 3. The van der Waals surface area contributed by atoms with Gasteiger partial charge in [0.1, 0.15) is 17.1 Å². The first-order valence-electron chi connectivity index (χ1n) is 11.6. The molecule has 0 aromatic carbocycles. The van der Waals surface area contributed by atoms with E-state index in [4.69, 9.17) is 20.1 Å². The molecule has 4 heterocycles. The maximum atomic E-state index is 11.1. The molecule has 0 bridgehead atoms. The van der Waals surface area contributed by atoms with Crippen molar-refractivity contribution >= 4 is 22.9 Å². The van der Waals surface area contributed by atoms with E-state index in [1.807, 2.05) is 6.92 Å². The molecule has 2 aromatic rings. The molecule has 0 saturated carbocycles. The van der Waals surface area contributed by atoms with Gasteiger partial charge in [0, 0.05) is 13.1 Å². The Labute approximate surface area is 198 Å². The van der Waals surface area contributed by atoms with Gasteiger partial charge in [0.2, 0.25) is 0 Å². The Hall–Kier alpha value is -3.52. The molecule has 34 heavy (non-hydrogen) atoms. The van der Waals surface area contributed by atoms with Gasteiger partial charge in [-0.15, -0.1) is 4.91 Å². The fraction of sp³-hybridized carbons (Fsp3) is 0.565. The number of hydrogen-bond donors (Lipinski definition) is 1. The van der Waals surface area contributed by atoms with Crippen LogP contribution in [0.4, 0.5) is 17.2 Å². The lowest BCUT2D eigenvalue weighted by Crippen LogP contribution is -2.34. The molecule has 0 aliphatic carbocycles. The molecule has 11 heteroatoms. The lowest BCUT2D eigenvalue weighted by molar-refractivity contribution is 0.263. The number of rotatable bonds is 8. The van der Waals surface area contributed by atoms with Gasteiger partial charge in [-0.1, -0.05) is 11.1 Å². The van der Waals surface area contributed by atoms with Crippen LogP contribution in [-0.2, 0) is 0 Å². The van der Waals surface area contributed by atoms with E-state index in [2.05, 4.69) is 42.1 Å². The van der Waals surface area contributed by atoms with Crippen molar-refractivity contribution in [3.63, 3.8) is 0 Å². The average Bonchev–Trinajstić information content (AvgIpc) is 3.52. The van der Waals surface area contributed by atoms with Crippen molar-refractivity contribution in [2.45, 2.75) is 45.6 Å². The first kappa shape index (κ1) is 23.6. The van der Waals surface area contributed by atoms with Crippen molar-refractivity contribution in [1.82, 2.24) is 20.2 Å². The van der Waals surface area contributed by atoms with Crippen LogP contribution in [0.25, 0.3) is 0 Å². The van der Waals surface area contributed by atoms with Gasteiger partial charge >= 0.3 is 0 Å². The van der Waals surface area contributed by atoms with Crippen LogP contribution in [0.2, 0.25) is 0 Å². The van der Waals surface area contributed by atoms with Crippen LogP contribution in [0.5, 0.6) is 5.75 Å². The summed E-state index contributed by atoms with van der Waals surface area (Å²) in [4.78, 5) is 25.0. The lowest BCUT2D eigenvalue weighted by Gasteiger charge is -2.30. The molecule has 0 spiro atoms. The number of nitrogens with two attached hydrogens (primary N) is 1. The molecule has 180 valence electrons. The monoisotopic (exact) mass is 466 g/mol. The van der Waals surface area contributed by atoms with Gasteiger partial charge in [-0.3, -0.25) is 0 Å². The Morgan fingerprint density at radius 2 is 2.09 bits per heavy atom. The predicted molar refractivity (Wildman–Crippen MR) is 130 cm³/mol. The van der Waals surface area contributed by atoms with Crippen LogP contribution in [0.3, 0.4) is 0 Å². The molecule has 0 atom stereocenters.